The number of fused-ring (bicyclic) bond motifs is 2. The van der Waals surface area contributed by atoms with E-state index in [0.29, 0.717) is 11.2 Å². The molecule has 1 amide bonds. The van der Waals surface area contributed by atoms with Crippen molar-refractivity contribution >= 4 is 28.1 Å². The molecule has 0 aliphatic rings. The number of hydrogen-bond acceptors (Lipinski definition) is 3. The van der Waals surface area contributed by atoms with Gasteiger partial charge >= 0.3 is 0 Å². The molecule has 28 heavy (non-hydrogen) atoms. The Labute approximate surface area is 158 Å². The molecule has 0 unspecified atom stereocenters. The standard InChI is InChI=1S/C21H15N5O2/c27-20(19-18-8-4-5-11-26(18)24-21(19)28)23-14-9-10-17-16(12-14)22-13-25(17)15-6-2-1-3-7-15/h1-13H,(H,23,27)(H,24,28). The molecule has 0 aliphatic carbocycles. The molecular weight excluding hydrogens is 354 g/mol. The Morgan fingerprint density at radius 2 is 1.79 bits per heavy atom. The summed E-state index contributed by atoms with van der Waals surface area (Å²) < 4.78 is 3.51. The number of benzene rings is 2. The van der Waals surface area contributed by atoms with Crippen LogP contribution in [0, 0.1) is 0 Å². The third-order valence-electron chi connectivity index (χ3n) is 4.63. The third-order valence-corrected chi connectivity index (χ3v) is 4.63. The average molecular weight is 369 g/mol. The predicted molar refractivity (Wildman–Crippen MR) is 107 cm³/mol. The van der Waals surface area contributed by atoms with Gasteiger partial charge in [0.2, 0.25) is 0 Å². The summed E-state index contributed by atoms with van der Waals surface area (Å²) in [6.45, 7) is 0. The Kier molecular flexibility index (Phi) is 3.58. The van der Waals surface area contributed by atoms with Crippen LogP contribution in [-0.2, 0) is 0 Å². The summed E-state index contributed by atoms with van der Waals surface area (Å²) in [5.74, 6) is -0.461. The highest BCUT2D eigenvalue weighted by Crippen LogP contribution is 2.22. The molecule has 5 aromatic rings. The van der Waals surface area contributed by atoms with E-state index >= 15 is 0 Å². The minimum absolute atomic E-state index is 0.0792. The van der Waals surface area contributed by atoms with Gasteiger partial charge in [-0.2, -0.15) is 0 Å². The molecule has 0 bridgehead atoms. The lowest BCUT2D eigenvalue weighted by Crippen LogP contribution is -2.19. The summed E-state index contributed by atoms with van der Waals surface area (Å²) in [5.41, 5.74) is 3.43. The fourth-order valence-electron chi connectivity index (χ4n) is 3.32. The van der Waals surface area contributed by atoms with Crippen LogP contribution in [0.2, 0.25) is 0 Å². The van der Waals surface area contributed by atoms with Crippen molar-refractivity contribution in [3.05, 3.63) is 95.2 Å². The van der Waals surface area contributed by atoms with Crippen molar-refractivity contribution in [3.8, 4) is 5.69 Å². The monoisotopic (exact) mass is 369 g/mol. The molecule has 7 nitrogen and oxygen atoms in total. The molecule has 5 rings (SSSR count). The minimum Gasteiger partial charge on any atom is -0.322 e. The Morgan fingerprint density at radius 3 is 2.64 bits per heavy atom. The quantitative estimate of drug-likeness (QED) is 0.512. The minimum atomic E-state index is -0.461. The zero-order valence-electron chi connectivity index (χ0n) is 14.7. The average Bonchev–Trinajstić information content (AvgIpc) is 3.28. The van der Waals surface area contributed by atoms with Crippen molar-refractivity contribution in [1.82, 2.24) is 19.2 Å². The van der Waals surface area contributed by atoms with E-state index in [4.69, 9.17) is 0 Å². The normalized spacial score (nSPS) is 11.1. The molecule has 0 atom stereocenters. The van der Waals surface area contributed by atoms with E-state index in [9.17, 15) is 9.59 Å². The first kappa shape index (κ1) is 16.1. The number of anilines is 1. The molecule has 3 aromatic heterocycles. The molecule has 2 N–H and O–H groups in total. The summed E-state index contributed by atoms with van der Waals surface area (Å²) in [5, 5.41) is 5.43. The van der Waals surface area contributed by atoms with E-state index in [1.54, 1.807) is 42.9 Å². The number of carbonyl (C=O) groups excluding carboxylic acids is 1. The van der Waals surface area contributed by atoms with Gasteiger partial charge in [0.15, 0.2) is 0 Å². The van der Waals surface area contributed by atoms with Gasteiger partial charge in [0, 0.05) is 17.6 Å². The van der Waals surface area contributed by atoms with Crippen LogP contribution in [0.3, 0.4) is 0 Å². The summed E-state index contributed by atoms with van der Waals surface area (Å²) in [6, 6.07) is 20.7. The number of rotatable bonds is 3. The molecule has 0 radical (unpaired) electrons. The Morgan fingerprint density at radius 1 is 0.964 bits per heavy atom. The highest BCUT2D eigenvalue weighted by molar-refractivity contribution is 6.09. The van der Waals surface area contributed by atoms with E-state index in [-0.39, 0.29) is 5.56 Å². The van der Waals surface area contributed by atoms with Gasteiger partial charge in [0.1, 0.15) is 11.9 Å². The van der Waals surface area contributed by atoms with Crippen LogP contribution < -0.4 is 10.9 Å². The fraction of sp³-hybridized carbons (Fsp3) is 0. The Bertz CT molecular complexity index is 1380. The topological polar surface area (TPSA) is 84.2 Å². The summed E-state index contributed by atoms with van der Waals surface area (Å²) in [7, 11) is 0. The van der Waals surface area contributed by atoms with E-state index in [1.807, 2.05) is 41.0 Å². The summed E-state index contributed by atoms with van der Waals surface area (Å²) >= 11 is 0. The highest BCUT2D eigenvalue weighted by Gasteiger charge is 2.17. The Hall–Kier alpha value is -4.13. The second-order valence-corrected chi connectivity index (χ2v) is 6.38. The SMILES string of the molecule is O=C(Nc1ccc2c(c1)ncn2-c1ccccc1)c1c(=O)[nH]n2ccccc12. The number of pyridine rings is 1. The van der Waals surface area contributed by atoms with Gasteiger partial charge in [0.25, 0.3) is 11.5 Å². The maximum atomic E-state index is 12.7. The van der Waals surface area contributed by atoms with Crippen LogP contribution in [0.25, 0.3) is 22.2 Å². The van der Waals surface area contributed by atoms with Gasteiger partial charge < -0.3 is 5.32 Å². The first-order valence-electron chi connectivity index (χ1n) is 8.74. The number of H-pyrrole nitrogens is 1. The van der Waals surface area contributed by atoms with Gasteiger partial charge in [-0.05, 0) is 42.5 Å². The summed E-state index contributed by atoms with van der Waals surface area (Å²) in [4.78, 5) is 29.3. The molecule has 136 valence electrons. The number of nitrogens with zero attached hydrogens (tertiary/aromatic N) is 3. The molecule has 2 aromatic carbocycles. The number of carbonyl (C=O) groups is 1. The van der Waals surface area contributed by atoms with Crippen molar-refractivity contribution in [2.24, 2.45) is 0 Å². The van der Waals surface area contributed by atoms with E-state index in [2.05, 4.69) is 15.4 Å². The molecule has 0 saturated carbocycles. The first-order chi connectivity index (χ1) is 13.7. The smallest absolute Gasteiger partial charge is 0.277 e. The van der Waals surface area contributed by atoms with Gasteiger partial charge in [-0.25, -0.2) is 4.98 Å². The molecule has 0 saturated heterocycles. The van der Waals surface area contributed by atoms with E-state index in [1.165, 1.54) is 4.52 Å². The fourth-order valence-corrected chi connectivity index (χ4v) is 3.32. The van der Waals surface area contributed by atoms with E-state index < -0.39 is 11.5 Å². The Balaban J connectivity index is 1.49. The third kappa shape index (κ3) is 2.57. The second-order valence-electron chi connectivity index (χ2n) is 6.38. The highest BCUT2D eigenvalue weighted by atomic mass is 16.2. The second kappa shape index (κ2) is 6.24. The van der Waals surface area contributed by atoms with Crippen molar-refractivity contribution < 1.29 is 4.79 Å². The van der Waals surface area contributed by atoms with Crippen molar-refractivity contribution in [2.45, 2.75) is 0 Å². The van der Waals surface area contributed by atoms with Crippen LogP contribution in [-0.4, -0.2) is 25.1 Å². The maximum absolute atomic E-state index is 12.7. The lowest BCUT2D eigenvalue weighted by atomic mass is 10.2. The lowest BCUT2D eigenvalue weighted by molar-refractivity contribution is 0.102. The van der Waals surface area contributed by atoms with Crippen LogP contribution in [0.5, 0.6) is 0 Å². The van der Waals surface area contributed by atoms with Gasteiger partial charge in [-0.3, -0.25) is 23.8 Å². The molecule has 0 spiro atoms. The van der Waals surface area contributed by atoms with Crippen molar-refractivity contribution in [3.63, 3.8) is 0 Å². The summed E-state index contributed by atoms with van der Waals surface area (Å²) in [6.07, 6.45) is 3.44. The number of hydrogen-bond donors (Lipinski definition) is 2. The number of nitrogens with one attached hydrogen (secondary N) is 2. The molecule has 0 fully saturated rings. The largest absolute Gasteiger partial charge is 0.322 e. The molecule has 3 heterocycles. The zero-order chi connectivity index (χ0) is 19.1. The van der Waals surface area contributed by atoms with Gasteiger partial charge in [-0.1, -0.05) is 24.3 Å². The van der Waals surface area contributed by atoms with Crippen molar-refractivity contribution in [1.29, 1.82) is 0 Å². The van der Waals surface area contributed by atoms with Crippen molar-refractivity contribution in [2.75, 3.05) is 5.32 Å². The number of aromatic amines is 1. The number of para-hydroxylation sites is 1. The zero-order valence-corrected chi connectivity index (χ0v) is 14.7. The van der Waals surface area contributed by atoms with Crippen LogP contribution in [0.15, 0.2) is 84.0 Å². The van der Waals surface area contributed by atoms with E-state index in [0.717, 1.165) is 16.7 Å². The lowest BCUT2D eigenvalue weighted by Gasteiger charge is -2.06. The number of amides is 1. The molecular formula is C21H15N5O2. The van der Waals surface area contributed by atoms with Gasteiger partial charge in [0.05, 0.1) is 16.6 Å². The van der Waals surface area contributed by atoms with Crippen LogP contribution in [0.4, 0.5) is 5.69 Å². The first-order valence-corrected chi connectivity index (χ1v) is 8.74. The van der Waals surface area contributed by atoms with Crippen LogP contribution >= 0.6 is 0 Å². The maximum Gasteiger partial charge on any atom is 0.277 e. The number of aromatic nitrogens is 4. The predicted octanol–water partition coefficient (Wildman–Crippen LogP) is 3.22. The number of imidazole rings is 1. The van der Waals surface area contributed by atoms with Gasteiger partial charge in [-0.15, -0.1) is 0 Å². The molecule has 7 heteroatoms. The van der Waals surface area contributed by atoms with Crippen LogP contribution in [0.1, 0.15) is 10.4 Å². The molecule has 0 aliphatic heterocycles.